The van der Waals surface area contributed by atoms with Crippen LogP contribution in [0.2, 0.25) is 0 Å². The first kappa shape index (κ1) is 30.6. The number of hydrogen-bond donors (Lipinski definition) is 0. The molecule has 5 heteroatoms. The van der Waals surface area contributed by atoms with Crippen LogP contribution in [0.15, 0.2) is 66.7 Å². The molecule has 0 amide bonds. The lowest BCUT2D eigenvalue weighted by molar-refractivity contribution is -0.143. The number of fused-ring (bicyclic) bond motifs is 1. The van der Waals surface area contributed by atoms with E-state index in [0.717, 1.165) is 56.4 Å². The van der Waals surface area contributed by atoms with Gasteiger partial charge in [-0.2, -0.15) is 0 Å². The molecule has 41 heavy (non-hydrogen) atoms. The highest BCUT2D eigenvalue weighted by atomic mass is 19.1. The third kappa shape index (κ3) is 7.90. The van der Waals surface area contributed by atoms with E-state index in [9.17, 15) is 9.18 Å². The molecule has 3 aromatic carbocycles. The summed E-state index contributed by atoms with van der Waals surface area (Å²) in [5.74, 6) is 2.51. The fourth-order valence-electron chi connectivity index (χ4n) is 6.44. The largest absolute Gasteiger partial charge is 0.497 e. The first-order valence-electron chi connectivity index (χ1n) is 15.4. The highest BCUT2D eigenvalue weighted by molar-refractivity contribution is 5.69. The van der Waals surface area contributed by atoms with E-state index in [1.54, 1.807) is 19.2 Å². The maximum Gasteiger partial charge on any atom is 0.305 e. The van der Waals surface area contributed by atoms with Gasteiger partial charge in [-0.25, -0.2) is 4.39 Å². The summed E-state index contributed by atoms with van der Waals surface area (Å²) in [6.07, 6.45) is 7.80. The van der Waals surface area contributed by atoms with Crippen LogP contribution in [-0.4, -0.2) is 25.8 Å². The molecule has 3 aromatic rings. The Morgan fingerprint density at radius 2 is 1.51 bits per heavy atom. The number of esters is 1. The zero-order valence-corrected chi connectivity index (χ0v) is 25.0. The molecule has 0 heterocycles. The molecule has 0 bridgehead atoms. The van der Waals surface area contributed by atoms with Crippen LogP contribution in [0.4, 0.5) is 4.39 Å². The van der Waals surface area contributed by atoms with Crippen molar-refractivity contribution < 1.29 is 23.4 Å². The molecule has 2 aliphatic rings. The Balaban J connectivity index is 0.00000189. The molecule has 2 unspecified atom stereocenters. The number of rotatable bonds is 9. The number of benzene rings is 3. The van der Waals surface area contributed by atoms with Gasteiger partial charge in [0.25, 0.3) is 0 Å². The van der Waals surface area contributed by atoms with E-state index < -0.39 is 0 Å². The normalized spacial score (nSPS) is 21.6. The summed E-state index contributed by atoms with van der Waals surface area (Å²) in [5.41, 5.74) is 5.04. The summed E-state index contributed by atoms with van der Waals surface area (Å²) < 4.78 is 30.7. The molecule has 0 aliphatic heterocycles. The highest BCUT2D eigenvalue weighted by Gasteiger charge is 2.32. The van der Waals surface area contributed by atoms with Gasteiger partial charge in [0.1, 0.15) is 17.3 Å². The molecular formula is C36H45FO4. The quantitative estimate of drug-likeness (QED) is 0.245. The van der Waals surface area contributed by atoms with Crippen molar-refractivity contribution in [3.63, 3.8) is 0 Å². The van der Waals surface area contributed by atoms with Crippen molar-refractivity contribution in [3.8, 4) is 11.5 Å². The van der Waals surface area contributed by atoms with Gasteiger partial charge in [-0.05, 0) is 122 Å². The first-order valence-corrected chi connectivity index (χ1v) is 15.4. The van der Waals surface area contributed by atoms with E-state index in [1.165, 1.54) is 22.3 Å². The Labute approximate surface area is 245 Å². The van der Waals surface area contributed by atoms with Crippen LogP contribution in [0.25, 0.3) is 0 Å². The number of methoxy groups -OCH3 is 1. The molecule has 0 saturated heterocycles. The Hall–Kier alpha value is -3.34. The van der Waals surface area contributed by atoms with E-state index in [0.29, 0.717) is 18.9 Å². The van der Waals surface area contributed by atoms with Gasteiger partial charge in [-0.3, -0.25) is 4.79 Å². The molecule has 0 radical (unpaired) electrons. The highest BCUT2D eigenvalue weighted by Crippen LogP contribution is 2.47. The van der Waals surface area contributed by atoms with Gasteiger partial charge in [-0.15, -0.1) is 0 Å². The van der Waals surface area contributed by atoms with Crippen LogP contribution in [0.5, 0.6) is 11.5 Å². The average molecular weight is 561 g/mol. The minimum absolute atomic E-state index is 0.0858. The van der Waals surface area contributed by atoms with Crippen molar-refractivity contribution in [1.82, 2.24) is 0 Å². The van der Waals surface area contributed by atoms with Crippen LogP contribution in [0, 0.1) is 11.7 Å². The molecule has 2 atom stereocenters. The number of halogens is 1. The van der Waals surface area contributed by atoms with Gasteiger partial charge in [0.05, 0.1) is 19.8 Å². The molecule has 0 N–H and O–H groups in total. The smallest absolute Gasteiger partial charge is 0.305 e. The minimum Gasteiger partial charge on any atom is -0.497 e. The van der Waals surface area contributed by atoms with Gasteiger partial charge < -0.3 is 14.2 Å². The standard InChI is InChI=1S/C34H39FO4.C2H6/c1-3-38-33(36)21-6-23-4-14-28(15-5-23)39-29-16-9-25(10-17-29)34-31(24-7-12-27(35)13-8-24)19-11-26-22-30(37-2)18-20-32(26)34;1-2/h7-10,12-13,16-18,20,22-23,28,31,34H,3-6,11,14-15,19,21H2,1-2H3;1-2H3. The number of aryl methyl sites for hydroxylation is 1. The van der Waals surface area contributed by atoms with Crippen molar-refractivity contribution in [2.24, 2.45) is 5.92 Å². The van der Waals surface area contributed by atoms with Crippen molar-refractivity contribution in [2.45, 2.75) is 90.1 Å². The Morgan fingerprint density at radius 3 is 2.17 bits per heavy atom. The maximum absolute atomic E-state index is 13.7. The van der Waals surface area contributed by atoms with Crippen LogP contribution in [-0.2, 0) is 16.0 Å². The second-order valence-electron chi connectivity index (χ2n) is 10.9. The fourth-order valence-corrected chi connectivity index (χ4v) is 6.44. The first-order chi connectivity index (χ1) is 20.0. The van der Waals surface area contributed by atoms with Gasteiger partial charge >= 0.3 is 5.97 Å². The summed E-state index contributed by atoms with van der Waals surface area (Å²) in [6.45, 7) is 6.30. The van der Waals surface area contributed by atoms with E-state index in [1.807, 2.05) is 39.0 Å². The molecular weight excluding hydrogens is 515 g/mol. The Kier molecular flexibility index (Phi) is 11.2. The SMILES string of the molecule is CC.CCOC(=O)CCC1CCC(Oc2ccc(C3c4ccc(OC)cc4CCC3c3ccc(F)cc3)cc2)CC1. The Bertz CT molecular complexity index is 1230. The van der Waals surface area contributed by atoms with Crippen LogP contribution < -0.4 is 9.47 Å². The zero-order valence-electron chi connectivity index (χ0n) is 25.0. The molecule has 0 spiro atoms. The lowest BCUT2D eigenvalue weighted by atomic mass is 9.69. The van der Waals surface area contributed by atoms with Crippen molar-refractivity contribution in [2.75, 3.05) is 13.7 Å². The second kappa shape index (κ2) is 15.0. The number of carbonyl (C=O) groups excluding carboxylic acids is 1. The monoisotopic (exact) mass is 560 g/mol. The van der Waals surface area contributed by atoms with Gasteiger partial charge in [0, 0.05) is 12.3 Å². The molecule has 1 fully saturated rings. The second-order valence-corrected chi connectivity index (χ2v) is 10.9. The van der Waals surface area contributed by atoms with Crippen LogP contribution in [0.3, 0.4) is 0 Å². The number of ether oxygens (including phenoxy) is 3. The molecule has 220 valence electrons. The third-order valence-electron chi connectivity index (χ3n) is 8.51. The van der Waals surface area contributed by atoms with E-state index >= 15 is 0 Å². The van der Waals surface area contributed by atoms with Gasteiger partial charge in [0.2, 0.25) is 0 Å². The lowest BCUT2D eigenvalue weighted by Gasteiger charge is -2.35. The fraction of sp³-hybridized carbons (Fsp3) is 0.472. The lowest BCUT2D eigenvalue weighted by Crippen LogP contribution is -2.24. The summed E-state index contributed by atoms with van der Waals surface area (Å²) in [4.78, 5) is 11.7. The molecule has 4 nitrogen and oxygen atoms in total. The van der Waals surface area contributed by atoms with Crippen LogP contribution in [0.1, 0.15) is 99.8 Å². The van der Waals surface area contributed by atoms with E-state index in [2.05, 4.69) is 36.4 Å². The zero-order chi connectivity index (χ0) is 29.2. The summed E-state index contributed by atoms with van der Waals surface area (Å²) >= 11 is 0. The van der Waals surface area contributed by atoms with Gasteiger partial charge in [-0.1, -0.05) is 44.2 Å². The van der Waals surface area contributed by atoms with Crippen molar-refractivity contribution in [1.29, 1.82) is 0 Å². The average Bonchev–Trinajstić information content (AvgIpc) is 3.02. The predicted molar refractivity (Wildman–Crippen MR) is 162 cm³/mol. The summed E-state index contributed by atoms with van der Waals surface area (Å²) in [6, 6.07) is 22.0. The molecule has 5 rings (SSSR count). The van der Waals surface area contributed by atoms with Crippen molar-refractivity contribution in [3.05, 3.63) is 94.8 Å². The van der Waals surface area contributed by atoms with Crippen molar-refractivity contribution >= 4 is 5.97 Å². The summed E-state index contributed by atoms with van der Waals surface area (Å²) in [7, 11) is 1.71. The van der Waals surface area contributed by atoms with Gasteiger partial charge in [0.15, 0.2) is 0 Å². The Morgan fingerprint density at radius 1 is 0.854 bits per heavy atom. The maximum atomic E-state index is 13.7. The topological polar surface area (TPSA) is 44.8 Å². The summed E-state index contributed by atoms with van der Waals surface area (Å²) in [5, 5.41) is 0. The molecule has 2 aliphatic carbocycles. The van der Waals surface area contributed by atoms with E-state index in [4.69, 9.17) is 14.2 Å². The van der Waals surface area contributed by atoms with Crippen LogP contribution >= 0.6 is 0 Å². The van der Waals surface area contributed by atoms with E-state index in [-0.39, 0.29) is 29.7 Å². The molecule has 1 saturated carbocycles. The third-order valence-corrected chi connectivity index (χ3v) is 8.51. The number of carbonyl (C=O) groups is 1. The minimum atomic E-state index is -0.203. The predicted octanol–water partition coefficient (Wildman–Crippen LogP) is 9.00. The number of hydrogen-bond acceptors (Lipinski definition) is 4. The molecule has 0 aromatic heterocycles.